The van der Waals surface area contributed by atoms with Gasteiger partial charge in [-0.05, 0) is 56.7 Å². The Morgan fingerprint density at radius 3 is 2.61 bits per heavy atom. The van der Waals surface area contributed by atoms with Crippen LogP contribution >= 0.6 is 22.9 Å². The molecule has 1 heterocycles. The molecule has 5 nitrogen and oxygen atoms in total. The number of halogens is 1. The van der Waals surface area contributed by atoms with E-state index in [4.69, 9.17) is 11.6 Å². The second-order valence-corrected chi connectivity index (χ2v) is 9.75. The molecule has 0 bridgehead atoms. The van der Waals surface area contributed by atoms with Crippen molar-refractivity contribution in [2.75, 3.05) is 13.1 Å². The number of hydrogen-bond acceptors (Lipinski definition) is 5. The Morgan fingerprint density at radius 2 is 2.04 bits per heavy atom. The van der Waals surface area contributed by atoms with Gasteiger partial charge in [-0.15, -0.1) is 11.3 Å². The number of aliphatic hydroxyl groups excluding tert-OH is 1. The molecule has 132 valence electrons. The zero-order chi connectivity index (χ0) is 16.9. The van der Waals surface area contributed by atoms with E-state index in [0.29, 0.717) is 10.4 Å². The number of aliphatic hydroxyl groups is 1. The van der Waals surface area contributed by atoms with Crippen LogP contribution in [0.3, 0.4) is 0 Å². The van der Waals surface area contributed by atoms with Gasteiger partial charge in [-0.2, -0.15) is 0 Å². The third-order valence-electron chi connectivity index (χ3n) is 4.29. The first kappa shape index (κ1) is 19.1. The largest absolute Gasteiger partial charge is 0.391 e. The molecule has 2 rings (SSSR count). The van der Waals surface area contributed by atoms with Gasteiger partial charge in [0.1, 0.15) is 4.21 Å². The van der Waals surface area contributed by atoms with Crippen molar-refractivity contribution in [1.29, 1.82) is 0 Å². The Labute approximate surface area is 147 Å². The molecular weight excluding hydrogens is 356 g/mol. The van der Waals surface area contributed by atoms with E-state index in [1.807, 2.05) is 0 Å². The molecule has 0 amide bonds. The first-order valence-electron chi connectivity index (χ1n) is 8.09. The third kappa shape index (κ3) is 5.69. The van der Waals surface area contributed by atoms with Crippen molar-refractivity contribution in [3.8, 4) is 0 Å². The lowest BCUT2D eigenvalue weighted by Gasteiger charge is -2.32. The molecule has 1 fully saturated rings. The molecule has 8 heteroatoms. The van der Waals surface area contributed by atoms with Crippen LogP contribution in [0.25, 0.3) is 0 Å². The van der Waals surface area contributed by atoms with Crippen LogP contribution in [0, 0.1) is 5.92 Å². The van der Waals surface area contributed by atoms with E-state index in [1.54, 1.807) is 6.07 Å². The van der Waals surface area contributed by atoms with Crippen LogP contribution < -0.4 is 10.0 Å². The molecule has 1 aromatic heterocycles. The van der Waals surface area contributed by atoms with Crippen LogP contribution in [0.2, 0.25) is 4.34 Å². The van der Waals surface area contributed by atoms with Gasteiger partial charge in [0, 0.05) is 12.6 Å². The topological polar surface area (TPSA) is 78.4 Å². The van der Waals surface area contributed by atoms with Crippen molar-refractivity contribution in [3.05, 3.63) is 16.5 Å². The Balaban J connectivity index is 1.78. The van der Waals surface area contributed by atoms with E-state index in [-0.39, 0.29) is 16.7 Å². The van der Waals surface area contributed by atoms with Gasteiger partial charge in [0.2, 0.25) is 10.0 Å². The molecule has 1 saturated carbocycles. The molecule has 0 aliphatic heterocycles. The van der Waals surface area contributed by atoms with E-state index in [2.05, 4.69) is 17.0 Å². The van der Waals surface area contributed by atoms with Gasteiger partial charge in [0.15, 0.2) is 0 Å². The highest BCUT2D eigenvalue weighted by Crippen LogP contribution is 2.28. The molecule has 23 heavy (non-hydrogen) atoms. The highest BCUT2D eigenvalue weighted by molar-refractivity contribution is 7.91. The first-order valence-corrected chi connectivity index (χ1v) is 10.8. The van der Waals surface area contributed by atoms with Gasteiger partial charge in [-0.25, -0.2) is 13.1 Å². The molecule has 0 aromatic carbocycles. The summed E-state index contributed by atoms with van der Waals surface area (Å²) >= 11 is 6.79. The molecule has 0 unspecified atom stereocenters. The monoisotopic (exact) mass is 380 g/mol. The van der Waals surface area contributed by atoms with Crippen molar-refractivity contribution in [3.63, 3.8) is 0 Å². The maximum Gasteiger partial charge on any atom is 0.250 e. The lowest BCUT2D eigenvalue weighted by molar-refractivity contribution is 0.0822. The summed E-state index contributed by atoms with van der Waals surface area (Å²) in [5.41, 5.74) is 0. The van der Waals surface area contributed by atoms with Gasteiger partial charge in [-0.3, -0.25) is 0 Å². The minimum atomic E-state index is -3.58. The van der Waals surface area contributed by atoms with E-state index < -0.39 is 16.1 Å². The molecular formula is C15H25ClN2O3S2. The van der Waals surface area contributed by atoms with E-state index in [0.717, 1.165) is 50.0 Å². The first-order chi connectivity index (χ1) is 10.9. The fraction of sp³-hybridized carbons (Fsp3) is 0.733. The van der Waals surface area contributed by atoms with E-state index in [1.165, 1.54) is 6.07 Å². The molecule has 0 saturated heterocycles. The summed E-state index contributed by atoms with van der Waals surface area (Å²) in [4.78, 5) is 0. The molecule has 1 aliphatic carbocycles. The van der Waals surface area contributed by atoms with Crippen LogP contribution in [0.1, 0.15) is 39.0 Å². The van der Waals surface area contributed by atoms with E-state index in [9.17, 15) is 13.5 Å². The van der Waals surface area contributed by atoms with Crippen molar-refractivity contribution in [2.24, 2.45) is 5.92 Å². The summed E-state index contributed by atoms with van der Waals surface area (Å²) in [6, 6.07) is 3.57. The fourth-order valence-electron chi connectivity index (χ4n) is 2.93. The van der Waals surface area contributed by atoms with Crippen molar-refractivity contribution in [2.45, 2.75) is 55.4 Å². The Bertz CT molecular complexity index is 583. The highest BCUT2D eigenvalue weighted by atomic mass is 35.5. The quantitative estimate of drug-likeness (QED) is 0.647. The number of rotatable bonds is 8. The number of thiophene rings is 1. The Kier molecular flexibility index (Phi) is 7.31. The van der Waals surface area contributed by atoms with E-state index >= 15 is 0 Å². The van der Waals surface area contributed by atoms with Gasteiger partial charge in [0.25, 0.3) is 0 Å². The predicted octanol–water partition coefficient (Wildman–Crippen LogP) is 2.60. The number of hydrogen-bond donors (Lipinski definition) is 3. The molecule has 1 aliphatic rings. The number of nitrogens with one attached hydrogen (secondary N) is 2. The zero-order valence-corrected chi connectivity index (χ0v) is 15.7. The summed E-state index contributed by atoms with van der Waals surface area (Å²) < 4.78 is 27.4. The van der Waals surface area contributed by atoms with Crippen LogP contribution in [-0.4, -0.2) is 38.8 Å². The SMILES string of the molecule is CCCNC1CCC([C@@H](O)CNS(=O)(=O)c2ccc(Cl)s2)CC1. The second kappa shape index (κ2) is 8.78. The summed E-state index contributed by atoms with van der Waals surface area (Å²) in [6.07, 6.45) is 4.40. The Hall–Kier alpha value is -0.180. The lowest BCUT2D eigenvalue weighted by atomic mass is 9.82. The van der Waals surface area contributed by atoms with Gasteiger partial charge in [-0.1, -0.05) is 18.5 Å². The van der Waals surface area contributed by atoms with Crippen molar-refractivity contribution in [1.82, 2.24) is 10.0 Å². The molecule has 0 spiro atoms. The fourth-order valence-corrected chi connectivity index (χ4v) is 5.51. The predicted molar refractivity (Wildman–Crippen MR) is 94.6 cm³/mol. The summed E-state index contributed by atoms with van der Waals surface area (Å²) in [6.45, 7) is 3.23. The standard InChI is InChI=1S/C15H25ClN2O3S2/c1-2-9-17-12-5-3-11(4-6-12)13(19)10-18-23(20,21)15-8-7-14(16)22-15/h7-8,11-13,17-19H,2-6,9-10H2,1H3/t11?,12?,13-/m0/s1. The number of sulfonamides is 1. The van der Waals surface area contributed by atoms with Crippen LogP contribution in [0.5, 0.6) is 0 Å². The third-order valence-corrected chi connectivity index (χ3v) is 7.44. The molecule has 0 radical (unpaired) electrons. The average molecular weight is 381 g/mol. The maximum atomic E-state index is 12.1. The maximum absolute atomic E-state index is 12.1. The van der Waals surface area contributed by atoms with Gasteiger partial charge < -0.3 is 10.4 Å². The minimum absolute atomic E-state index is 0.0512. The van der Waals surface area contributed by atoms with Crippen LogP contribution in [0.4, 0.5) is 0 Å². The smallest absolute Gasteiger partial charge is 0.250 e. The Morgan fingerprint density at radius 1 is 1.35 bits per heavy atom. The minimum Gasteiger partial charge on any atom is -0.391 e. The van der Waals surface area contributed by atoms with Crippen molar-refractivity contribution < 1.29 is 13.5 Å². The summed E-state index contributed by atoms with van der Waals surface area (Å²) in [7, 11) is -3.58. The molecule has 1 atom stereocenters. The van der Waals surface area contributed by atoms with Crippen LogP contribution in [-0.2, 0) is 10.0 Å². The zero-order valence-electron chi connectivity index (χ0n) is 13.3. The summed E-state index contributed by atoms with van der Waals surface area (Å²) in [5, 5.41) is 13.8. The molecule has 3 N–H and O–H groups in total. The van der Waals surface area contributed by atoms with Gasteiger partial charge >= 0.3 is 0 Å². The second-order valence-electron chi connectivity index (χ2n) is 6.04. The highest BCUT2D eigenvalue weighted by Gasteiger charge is 2.27. The average Bonchev–Trinajstić information content (AvgIpc) is 2.98. The normalized spacial score (nSPS) is 23.8. The van der Waals surface area contributed by atoms with Gasteiger partial charge in [0.05, 0.1) is 10.4 Å². The lowest BCUT2D eigenvalue weighted by Crippen LogP contribution is -2.40. The van der Waals surface area contributed by atoms with Crippen molar-refractivity contribution >= 4 is 33.0 Å². The van der Waals surface area contributed by atoms with Crippen LogP contribution in [0.15, 0.2) is 16.3 Å². The molecule has 1 aromatic rings. The summed E-state index contributed by atoms with van der Waals surface area (Å²) in [5.74, 6) is 0.157.